The number of hydrogen-bond donors (Lipinski definition) is 2. The van der Waals surface area contributed by atoms with Crippen LogP contribution >= 0.6 is 0 Å². The Labute approximate surface area is 108 Å². The van der Waals surface area contributed by atoms with Gasteiger partial charge in [-0.15, -0.1) is 0 Å². The van der Waals surface area contributed by atoms with Crippen molar-refractivity contribution >= 4 is 5.91 Å². The minimum Gasteiger partial charge on any atom is -0.388 e. The smallest absolute Gasteiger partial charge is 0.230 e. The number of aliphatic hydroxyl groups is 1. The highest BCUT2D eigenvalue weighted by Crippen LogP contribution is 2.33. The highest BCUT2D eigenvalue weighted by molar-refractivity contribution is 5.83. The van der Waals surface area contributed by atoms with Gasteiger partial charge in [0.05, 0.1) is 11.0 Å². The lowest BCUT2D eigenvalue weighted by Crippen LogP contribution is -2.56. The van der Waals surface area contributed by atoms with Gasteiger partial charge in [-0.05, 0) is 32.6 Å². The minimum atomic E-state index is -0.755. The summed E-state index contributed by atoms with van der Waals surface area (Å²) in [6.07, 6.45) is 3.01. The van der Waals surface area contributed by atoms with E-state index in [9.17, 15) is 9.90 Å². The second kappa shape index (κ2) is 5.15. The summed E-state index contributed by atoms with van der Waals surface area (Å²) in [7, 11) is 0. The van der Waals surface area contributed by atoms with Crippen LogP contribution in [0.5, 0.6) is 0 Å². The lowest BCUT2D eigenvalue weighted by molar-refractivity contribution is -0.153. The van der Waals surface area contributed by atoms with E-state index in [-0.39, 0.29) is 5.91 Å². The predicted octanol–water partition coefficient (Wildman–Crippen LogP) is 0.115. The number of piperidine rings is 1. The number of nitrogens with two attached hydrogens (primary N) is 1. The number of carbonyl (C=O) groups excluding carboxylic acids is 1. The van der Waals surface area contributed by atoms with Crippen molar-refractivity contribution in [2.75, 3.05) is 32.8 Å². The Bertz CT molecular complexity index is 311. The molecule has 1 unspecified atom stereocenters. The van der Waals surface area contributed by atoms with Gasteiger partial charge in [0.2, 0.25) is 5.91 Å². The fourth-order valence-electron chi connectivity index (χ4n) is 3.00. The minimum absolute atomic E-state index is 0.105. The maximum absolute atomic E-state index is 12.7. The summed E-state index contributed by atoms with van der Waals surface area (Å²) in [6.45, 7) is 4.53. The normalized spacial score (nSPS) is 32.3. The lowest BCUT2D eigenvalue weighted by atomic mass is 9.78. The maximum atomic E-state index is 12.7. The Morgan fingerprint density at radius 1 is 1.39 bits per heavy atom. The first-order valence-corrected chi connectivity index (χ1v) is 6.79. The third-order valence-corrected chi connectivity index (χ3v) is 4.26. The summed E-state index contributed by atoms with van der Waals surface area (Å²) in [5, 5.41) is 10.1. The second-order valence-electron chi connectivity index (χ2n) is 5.92. The van der Waals surface area contributed by atoms with Crippen LogP contribution in [0.25, 0.3) is 0 Å². The van der Waals surface area contributed by atoms with Gasteiger partial charge in [0.1, 0.15) is 0 Å². The molecule has 18 heavy (non-hydrogen) atoms. The lowest BCUT2D eigenvalue weighted by Gasteiger charge is -2.43. The molecule has 0 aromatic carbocycles. The number of carbonyl (C=O) groups is 1. The van der Waals surface area contributed by atoms with Gasteiger partial charge in [-0.3, -0.25) is 4.79 Å². The van der Waals surface area contributed by atoms with Crippen LogP contribution in [0, 0.1) is 5.41 Å². The molecule has 0 spiro atoms. The van der Waals surface area contributed by atoms with Crippen LogP contribution in [0.15, 0.2) is 0 Å². The van der Waals surface area contributed by atoms with Gasteiger partial charge in [-0.25, -0.2) is 0 Å². The molecule has 1 atom stereocenters. The average molecular weight is 256 g/mol. The summed E-state index contributed by atoms with van der Waals surface area (Å²) in [6, 6.07) is 0. The van der Waals surface area contributed by atoms with Gasteiger partial charge >= 0.3 is 0 Å². The molecule has 0 aliphatic carbocycles. The topological polar surface area (TPSA) is 75.8 Å². The van der Waals surface area contributed by atoms with Crippen LogP contribution in [-0.2, 0) is 9.53 Å². The molecular weight excluding hydrogens is 232 g/mol. The van der Waals surface area contributed by atoms with E-state index >= 15 is 0 Å². The van der Waals surface area contributed by atoms with Crippen molar-refractivity contribution in [3.05, 3.63) is 0 Å². The third kappa shape index (κ3) is 2.68. The zero-order valence-corrected chi connectivity index (χ0v) is 11.2. The highest BCUT2D eigenvalue weighted by Gasteiger charge is 2.43. The number of β-amino-alcohol motifs (C(OH)–C–C–N with tert-alkyl or cyclic N) is 1. The van der Waals surface area contributed by atoms with Gasteiger partial charge in [0.25, 0.3) is 0 Å². The van der Waals surface area contributed by atoms with Crippen LogP contribution in [0.3, 0.4) is 0 Å². The molecule has 1 amide bonds. The Hall–Kier alpha value is -0.650. The molecule has 2 fully saturated rings. The average Bonchev–Trinajstić information content (AvgIpc) is 2.37. The molecule has 0 bridgehead atoms. The molecule has 2 heterocycles. The summed E-state index contributed by atoms with van der Waals surface area (Å²) in [5.41, 5.74) is 4.63. The molecule has 3 N–H and O–H groups in total. The van der Waals surface area contributed by atoms with Crippen molar-refractivity contribution in [1.29, 1.82) is 0 Å². The van der Waals surface area contributed by atoms with Crippen molar-refractivity contribution in [2.24, 2.45) is 11.1 Å². The molecule has 2 aliphatic heterocycles. The van der Waals surface area contributed by atoms with Gasteiger partial charge in [-0.2, -0.15) is 0 Å². The molecular formula is C13H24N2O3. The Morgan fingerprint density at radius 3 is 2.61 bits per heavy atom. The van der Waals surface area contributed by atoms with Gasteiger partial charge in [0.15, 0.2) is 0 Å². The van der Waals surface area contributed by atoms with Crippen molar-refractivity contribution in [1.82, 2.24) is 4.90 Å². The van der Waals surface area contributed by atoms with Crippen LogP contribution in [-0.4, -0.2) is 54.4 Å². The first-order chi connectivity index (χ1) is 8.49. The fraction of sp³-hybridized carbons (Fsp3) is 0.923. The number of nitrogens with zero attached hydrogens (tertiary/aromatic N) is 1. The van der Waals surface area contributed by atoms with Gasteiger partial charge < -0.3 is 20.5 Å². The SMILES string of the molecule is CC1(O)CCCN(C(=O)C2(CN)CCOCC2)C1. The van der Waals surface area contributed by atoms with Gasteiger partial charge in [-0.1, -0.05) is 0 Å². The summed E-state index contributed by atoms with van der Waals surface area (Å²) in [5.74, 6) is 0.105. The predicted molar refractivity (Wildman–Crippen MR) is 68.0 cm³/mol. The summed E-state index contributed by atoms with van der Waals surface area (Å²) in [4.78, 5) is 14.5. The number of ether oxygens (including phenoxy) is 1. The highest BCUT2D eigenvalue weighted by atomic mass is 16.5. The zero-order valence-electron chi connectivity index (χ0n) is 11.2. The number of rotatable bonds is 2. The molecule has 0 aromatic rings. The number of amides is 1. The Morgan fingerprint density at radius 2 is 2.06 bits per heavy atom. The van der Waals surface area contributed by atoms with Crippen molar-refractivity contribution in [2.45, 2.75) is 38.2 Å². The zero-order chi connectivity index (χ0) is 13.2. The third-order valence-electron chi connectivity index (χ3n) is 4.26. The molecule has 2 rings (SSSR count). The quantitative estimate of drug-likeness (QED) is 0.735. The largest absolute Gasteiger partial charge is 0.388 e. The van der Waals surface area contributed by atoms with E-state index in [1.165, 1.54) is 0 Å². The molecule has 5 heteroatoms. The molecule has 104 valence electrons. The second-order valence-corrected chi connectivity index (χ2v) is 5.92. The van der Waals surface area contributed by atoms with Crippen LogP contribution in [0.4, 0.5) is 0 Å². The Balaban J connectivity index is 2.09. The van der Waals surface area contributed by atoms with E-state index in [4.69, 9.17) is 10.5 Å². The van der Waals surface area contributed by atoms with Crippen LogP contribution in [0.2, 0.25) is 0 Å². The van der Waals surface area contributed by atoms with Crippen molar-refractivity contribution in [3.8, 4) is 0 Å². The van der Waals surface area contributed by atoms with E-state index in [0.29, 0.717) is 39.1 Å². The molecule has 2 saturated heterocycles. The molecule has 0 radical (unpaired) electrons. The monoisotopic (exact) mass is 256 g/mol. The van der Waals surface area contributed by atoms with Crippen molar-refractivity contribution in [3.63, 3.8) is 0 Å². The van der Waals surface area contributed by atoms with Crippen LogP contribution < -0.4 is 5.73 Å². The van der Waals surface area contributed by atoms with E-state index in [2.05, 4.69) is 0 Å². The maximum Gasteiger partial charge on any atom is 0.230 e. The van der Waals surface area contributed by atoms with E-state index in [1.54, 1.807) is 11.8 Å². The van der Waals surface area contributed by atoms with Crippen LogP contribution in [0.1, 0.15) is 32.6 Å². The summed E-state index contributed by atoms with van der Waals surface area (Å²) >= 11 is 0. The molecule has 5 nitrogen and oxygen atoms in total. The van der Waals surface area contributed by atoms with E-state index in [1.807, 2.05) is 0 Å². The summed E-state index contributed by atoms with van der Waals surface area (Å²) < 4.78 is 5.33. The molecule has 0 saturated carbocycles. The number of hydrogen-bond acceptors (Lipinski definition) is 4. The Kier molecular flexibility index (Phi) is 3.94. The van der Waals surface area contributed by atoms with E-state index < -0.39 is 11.0 Å². The van der Waals surface area contributed by atoms with E-state index in [0.717, 1.165) is 19.4 Å². The fourth-order valence-corrected chi connectivity index (χ4v) is 3.00. The van der Waals surface area contributed by atoms with Crippen molar-refractivity contribution < 1.29 is 14.6 Å². The first-order valence-electron chi connectivity index (χ1n) is 6.79. The first kappa shape index (κ1) is 13.8. The number of likely N-dealkylation sites (tertiary alicyclic amines) is 1. The molecule has 0 aromatic heterocycles. The van der Waals surface area contributed by atoms with Gasteiger partial charge in [0, 0.05) is 32.8 Å². The standard InChI is InChI=1S/C13H24N2O3/c1-12(17)3-2-6-15(10-12)11(16)13(9-14)4-7-18-8-5-13/h17H,2-10,14H2,1H3. The molecule has 2 aliphatic rings.